The van der Waals surface area contributed by atoms with Gasteiger partial charge < -0.3 is 5.73 Å². The molecule has 0 unspecified atom stereocenters. The molecule has 0 fully saturated rings. The monoisotopic (exact) mass is 1240 g/mol. The summed E-state index contributed by atoms with van der Waals surface area (Å²) in [5.74, 6) is 20.5. The quantitative estimate of drug-likeness (QED) is 0.0792. The molecule has 0 saturated heterocycles. The third-order valence-electron chi connectivity index (χ3n) is 9.48. The van der Waals surface area contributed by atoms with E-state index in [2.05, 4.69) is 113 Å². The second-order valence-electron chi connectivity index (χ2n) is 15.0. The highest BCUT2D eigenvalue weighted by atomic mass is 79.9. The van der Waals surface area contributed by atoms with E-state index in [0.29, 0.717) is 38.1 Å². The summed E-state index contributed by atoms with van der Waals surface area (Å²) in [5.41, 5.74) is 14.7. The fraction of sp³-hybridized carbons (Fsp3) is 0. The van der Waals surface area contributed by atoms with Gasteiger partial charge in [-0.25, -0.2) is 44.9 Å². The van der Waals surface area contributed by atoms with Crippen LogP contribution in [0.1, 0.15) is 50.5 Å². The summed E-state index contributed by atoms with van der Waals surface area (Å²) in [6.45, 7) is 0. The largest absolute Gasteiger partial charge is 0.395 e. The van der Waals surface area contributed by atoms with E-state index in [4.69, 9.17) is 75.2 Å². The maximum Gasteiger partial charge on any atom is 0.223 e. The molecule has 0 atom stereocenters. The summed E-state index contributed by atoms with van der Waals surface area (Å²) >= 11 is 34.7. The zero-order chi connectivity index (χ0) is 55.3. The van der Waals surface area contributed by atoms with Gasteiger partial charge in [-0.1, -0.05) is 169 Å². The highest BCUT2D eigenvalue weighted by molar-refractivity contribution is 9.10. The second kappa shape index (κ2) is 32.4. The number of nitrogen functional groups attached to an aromatic ring is 1. The van der Waals surface area contributed by atoms with E-state index < -0.39 is 0 Å². The number of rotatable bonds is 3. The number of hydrogen-bond donors (Lipinski definition) is 1. The van der Waals surface area contributed by atoms with E-state index in [-0.39, 0.29) is 21.1 Å². The molecule has 4 aromatic heterocycles. The molecular formula is C61H37Br2Cl5N10. The van der Waals surface area contributed by atoms with Crippen LogP contribution in [0.2, 0.25) is 26.3 Å². The molecule has 0 aliphatic carbocycles. The molecule has 4 heterocycles. The summed E-state index contributed by atoms with van der Waals surface area (Å²) in [6.07, 6.45) is 11.2. The zero-order valence-electron chi connectivity index (χ0n) is 40.5. The molecule has 10 rings (SSSR count). The molecule has 78 heavy (non-hydrogen) atoms. The molecule has 2 N–H and O–H groups in total. The van der Waals surface area contributed by atoms with E-state index in [9.17, 15) is 0 Å². The molecule has 0 radical (unpaired) electrons. The number of nitrogens with zero attached hydrogens (tertiary/aromatic N) is 9. The molecule has 0 bridgehead atoms. The van der Waals surface area contributed by atoms with Crippen LogP contribution in [0.5, 0.6) is 0 Å². The Morgan fingerprint density at radius 3 is 1.17 bits per heavy atom. The first-order valence-corrected chi connectivity index (χ1v) is 26.2. The molecule has 0 aliphatic heterocycles. The van der Waals surface area contributed by atoms with E-state index in [1.807, 2.05) is 182 Å². The lowest BCUT2D eigenvalue weighted by molar-refractivity contribution is 1.13. The summed E-state index contributed by atoms with van der Waals surface area (Å²) in [5, 5.41) is 0.965. The Morgan fingerprint density at radius 1 is 0.397 bits per heavy atom. The van der Waals surface area contributed by atoms with Crippen molar-refractivity contribution < 1.29 is 0 Å². The van der Waals surface area contributed by atoms with Gasteiger partial charge in [-0.2, -0.15) is 0 Å². The Labute approximate surface area is 493 Å². The molecule has 0 amide bonds. The summed E-state index contributed by atoms with van der Waals surface area (Å²) in [7, 11) is 0. The fourth-order valence-electron chi connectivity index (χ4n) is 5.86. The molecule has 0 aliphatic rings. The highest BCUT2D eigenvalue weighted by Crippen LogP contribution is 2.23. The van der Waals surface area contributed by atoms with Crippen LogP contribution < -0.4 is 5.73 Å². The third kappa shape index (κ3) is 20.7. The number of terminal acetylenes is 1. The third-order valence-corrected chi connectivity index (χ3v) is 11.9. The summed E-state index contributed by atoms with van der Waals surface area (Å²) in [6, 6.07) is 58.6. The van der Waals surface area contributed by atoms with Crippen molar-refractivity contribution in [1.82, 2.24) is 39.9 Å². The number of nitrogens with two attached hydrogens (primary N) is 1. The highest BCUT2D eigenvalue weighted by Gasteiger charge is 2.11. The lowest BCUT2D eigenvalue weighted by Crippen LogP contribution is -2.03. The van der Waals surface area contributed by atoms with E-state index in [1.54, 1.807) is 12.4 Å². The molecule has 17 heteroatoms. The Morgan fingerprint density at radius 2 is 0.744 bits per heavy atom. The summed E-state index contributed by atoms with van der Waals surface area (Å²) in [4.78, 5) is 36.2. The van der Waals surface area contributed by atoms with Gasteiger partial charge >= 0.3 is 0 Å². The lowest BCUT2D eigenvalue weighted by atomic mass is 10.0. The van der Waals surface area contributed by atoms with Gasteiger partial charge in [0, 0.05) is 45.8 Å². The van der Waals surface area contributed by atoms with Crippen LogP contribution in [0.3, 0.4) is 0 Å². The van der Waals surface area contributed by atoms with Crippen molar-refractivity contribution in [3.05, 3.63) is 292 Å². The first-order chi connectivity index (χ1) is 37.9. The molecule has 10 nitrogen and oxygen atoms in total. The molecular weight excluding hydrogens is 1210 g/mol. The number of anilines is 1. The maximum absolute atomic E-state index is 6.03. The van der Waals surface area contributed by atoms with Crippen molar-refractivity contribution in [3.63, 3.8) is 0 Å². The smallest absolute Gasteiger partial charge is 0.223 e. The summed E-state index contributed by atoms with van der Waals surface area (Å²) < 4.78 is 1.38. The first kappa shape index (κ1) is 59.0. The van der Waals surface area contributed by atoms with Crippen molar-refractivity contribution in [2.75, 3.05) is 5.73 Å². The number of hydrogen-bond acceptors (Lipinski definition) is 10. The van der Waals surface area contributed by atoms with Crippen LogP contribution in [0.4, 0.5) is 11.4 Å². The minimum Gasteiger partial charge on any atom is -0.395 e. The lowest BCUT2D eigenvalue weighted by Gasteiger charge is -2.08. The number of benzene rings is 6. The van der Waals surface area contributed by atoms with Crippen molar-refractivity contribution in [3.8, 4) is 47.9 Å². The second-order valence-corrected chi connectivity index (χ2v) is 18.4. The van der Waals surface area contributed by atoms with Crippen LogP contribution in [0, 0.1) is 47.9 Å². The SMILES string of the molecule is C#Cc1ccccc1.Clc1ncc(Br)c(C#Cc2ccccc2)n1.Clc1ncc(Br)c(Cl)n1.Clc1ncc(N=C(c2ccccc2)c2ccccc2)c(C#Cc2ccccc2)n1.Nc1cnc(Cl)nc1C#Cc1ccccc1. The molecule has 380 valence electrons. The Balaban J connectivity index is 0.000000171. The van der Waals surface area contributed by atoms with Gasteiger partial charge in [0.15, 0.2) is 0 Å². The van der Waals surface area contributed by atoms with Gasteiger partial charge in [0.05, 0.1) is 32.7 Å². The van der Waals surface area contributed by atoms with E-state index >= 15 is 0 Å². The van der Waals surface area contributed by atoms with Crippen LogP contribution >= 0.6 is 89.9 Å². The van der Waals surface area contributed by atoms with Gasteiger partial charge in [0.25, 0.3) is 0 Å². The van der Waals surface area contributed by atoms with Gasteiger partial charge in [-0.05, 0) is 145 Å². The van der Waals surface area contributed by atoms with E-state index in [0.717, 1.165) is 43.6 Å². The van der Waals surface area contributed by atoms with Crippen LogP contribution in [-0.2, 0) is 0 Å². The number of halogens is 7. The Bertz CT molecular complexity index is 3660. The average Bonchev–Trinajstić information content (AvgIpc) is 3.48. The van der Waals surface area contributed by atoms with Crippen LogP contribution in [-0.4, -0.2) is 45.6 Å². The average molecular weight is 1250 g/mol. The predicted octanol–water partition coefficient (Wildman–Crippen LogP) is 15.3. The van der Waals surface area contributed by atoms with Crippen molar-refractivity contribution in [2.45, 2.75) is 0 Å². The van der Waals surface area contributed by atoms with Crippen molar-refractivity contribution >= 4 is 107 Å². The molecule has 6 aromatic carbocycles. The topological polar surface area (TPSA) is 142 Å². The fourth-order valence-corrected chi connectivity index (χ4v) is 7.04. The van der Waals surface area contributed by atoms with E-state index in [1.165, 1.54) is 12.4 Å². The standard InChI is InChI=1S/C25H16ClN3.C12H6BrClN2.C12H8ClN3.C8H6.C4HBrCl2N2/c26-25-27-18-23(22(29-25)17-16-19-10-4-1-5-11-19)28-24(20-12-6-2-7-13-20)21-14-8-3-9-15-21;13-10-8-15-12(14)16-11(10)7-6-9-4-2-1-3-5-9;13-12-15-8-10(14)11(16-12)7-6-9-4-2-1-3-5-9;1-2-8-6-4-3-5-7-8;5-2-1-8-4(7)9-3(2)6/h1-15,18H;1-5,8H;1-5,8H,14H2;1,3-7H;1H. The van der Waals surface area contributed by atoms with Gasteiger partial charge in [0.2, 0.25) is 21.1 Å². The minimum atomic E-state index is 0.141. The Kier molecular flexibility index (Phi) is 24.5. The van der Waals surface area contributed by atoms with Gasteiger partial charge in [-0.3, -0.25) is 0 Å². The number of aliphatic imine (C=N–C) groups is 1. The first-order valence-electron chi connectivity index (χ1n) is 22.7. The van der Waals surface area contributed by atoms with Crippen molar-refractivity contribution in [1.29, 1.82) is 0 Å². The van der Waals surface area contributed by atoms with Crippen LogP contribution in [0.15, 0.2) is 221 Å². The molecule has 0 saturated carbocycles. The predicted molar refractivity (Wildman–Crippen MR) is 323 cm³/mol. The molecule has 10 aromatic rings. The maximum atomic E-state index is 6.03. The van der Waals surface area contributed by atoms with Crippen molar-refractivity contribution in [2.24, 2.45) is 4.99 Å². The molecule has 0 spiro atoms. The normalized spacial score (nSPS) is 9.46. The van der Waals surface area contributed by atoms with Crippen LogP contribution in [0.25, 0.3) is 0 Å². The van der Waals surface area contributed by atoms with Gasteiger partial charge in [0.1, 0.15) is 27.9 Å². The Hall–Kier alpha value is -8.24. The van der Waals surface area contributed by atoms with Gasteiger partial charge in [-0.15, -0.1) is 6.42 Å². The minimum absolute atomic E-state index is 0.141. The zero-order valence-corrected chi connectivity index (χ0v) is 47.4. The number of aromatic nitrogens is 8.